The molecule has 0 saturated carbocycles. The lowest BCUT2D eigenvalue weighted by Crippen LogP contribution is -2.32. The predicted molar refractivity (Wildman–Crippen MR) is 127 cm³/mol. The summed E-state index contributed by atoms with van der Waals surface area (Å²) in [5.41, 5.74) is 0.326. The number of alkyl halides is 6. The van der Waals surface area contributed by atoms with Gasteiger partial charge in [0.05, 0.1) is 21.2 Å². The number of allylic oxidation sites excluding steroid dienone is 1. The molecule has 0 bridgehead atoms. The standard InChI is InChI=1S/C22H12BrCl2F7N4O/c23-15-7-11(8-16(24)18(15)25)13(21(27,28)29)9-17(26)10-2-3-12(14(6-10)22(30,31)32)19(37)35-36-20-33-4-1-5-34-20/h1-9,13H,(H,35,37)(H,33,34,36)/b17-9-. The number of nitrogens with zero attached hydrogens (tertiary/aromatic N) is 2. The molecule has 1 unspecified atom stereocenters. The molecule has 0 saturated heterocycles. The Bertz CT molecular complexity index is 1310. The number of hydrogen-bond acceptors (Lipinski definition) is 4. The van der Waals surface area contributed by atoms with Crippen LogP contribution in [0.4, 0.5) is 36.7 Å². The summed E-state index contributed by atoms with van der Waals surface area (Å²) >= 11 is 14.6. The zero-order valence-electron chi connectivity index (χ0n) is 17.9. The SMILES string of the molecule is O=C(NNc1ncccn1)c1ccc(/C(F)=C/C(c2cc(Cl)c(Cl)c(Br)c2)C(F)(F)F)cc1C(F)(F)F. The summed E-state index contributed by atoms with van der Waals surface area (Å²) in [6, 6.07) is 4.90. The van der Waals surface area contributed by atoms with Crippen molar-refractivity contribution in [2.75, 3.05) is 5.43 Å². The highest BCUT2D eigenvalue weighted by Gasteiger charge is 2.41. The molecule has 1 amide bonds. The third-order valence-corrected chi connectivity index (χ3v) is 6.39. The zero-order valence-corrected chi connectivity index (χ0v) is 21.0. The molecule has 0 aliphatic heterocycles. The van der Waals surface area contributed by atoms with Crippen molar-refractivity contribution in [3.8, 4) is 0 Å². The van der Waals surface area contributed by atoms with Crippen LogP contribution in [0.1, 0.15) is 33.0 Å². The Morgan fingerprint density at radius 2 is 1.68 bits per heavy atom. The van der Waals surface area contributed by atoms with Gasteiger partial charge in [-0.1, -0.05) is 29.3 Å². The Hall–Kier alpha value is -2.90. The number of hydrogen-bond donors (Lipinski definition) is 2. The summed E-state index contributed by atoms with van der Waals surface area (Å²) in [4.78, 5) is 19.8. The van der Waals surface area contributed by atoms with Gasteiger partial charge in [0.2, 0.25) is 5.95 Å². The number of amides is 1. The molecule has 0 fully saturated rings. The van der Waals surface area contributed by atoms with Crippen molar-refractivity contribution >= 4 is 56.8 Å². The summed E-state index contributed by atoms with van der Waals surface area (Å²) in [7, 11) is 0. The molecule has 0 aliphatic carbocycles. The van der Waals surface area contributed by atoms with Crippen LogP contribution in [0.2, 0.25) is 10.0 Å². The fourth-order valence-electron chi connectivity index (χ4n) is 3.05. The van der Waals surface area contributed by atoms with Crippen molar-refractivity contribution in [3.05, 3.63) is 91.6 Å². The summed E-state index contributed by atoms with van der Waals surface area (Å²) < 4.78 is 97.3. The number of carbonyl (C=O) groups is 1. The number of carbonyl (C=O) groups excluding carboxylic acids is 1. The van der Waals surface area contributed by atoms with E-state index in [0.717, 1.165) is 18.2 Å². The second kappa shape index (κ2) is 11.2. The van der Waals surface area contributed by atoms with E-state index in [1.54, 1.807) is 0 Å². The molecule has 1 atom stereocenters. The van der Waals surface area contributed by atoms with Gasteiger partial charge in [0.25, 0.3) is 5.91 Å². The Balaban J connectivity index is 1.99. The van der Waals surface area contributed by atoms with Crippen LogP contribution in [-0.2, 0) is 6.18 Å². The van der Waals surface area contributed by atoms with Crippen LogP contribution in [0, 0.1) is 0 Å². The maximum Gasteiger partial charge on any atom is 0.417 e. The maximum atomic E-state index is 14.9. The maximum absolute atomic E-state index is 14.9. The number of halogens is 10. The second-order valence-electron chi connectivity index (χ2n) is 7.24. The first-order valence-corrected chi connectivity index (χ1v) is 11.4. The van der Waals surface area contributed by atoms with E-state index in [1.165, 1.54) is 18.5 Å². The van der Waals surface area contributed by atoms with Gasteiger partial charge >= 0.3 is 12.4 Å². The van der Waals surface area contributed by atoms with E-state index in [9.17, 15) is 35.5 Å². The van der Waals surface area contributed by atoms with Crippen molar-refractivity contribution in [1.29, 1.82) is 0 Å². The Labute approximate surface area is 222 Å². The van der Waals surface area contributed by atoms with Gasteiger partial charge in [-0.2, -0.15) is 26.3 Å². The number of aromatic nitrogens is 2. The Morgan fingerprint density at radius 3 is 2.24 bits per heavy atom. The lowest BCUT2D eigenvalue weighted by molar-refractivity contribution is -0.140. The topological polar surface area (TPSA) is 66.9 Å². The first kappa shape index (κ1) is 28.7. The molecule has 2 aromatic carbocycles. The van der Waals surface area contributed by atoms with Crippen LogP contribution in [-0.4, -0.2) is 22.1 Å². The molecule has 2 N–H and O–H groups in total. The van der Waals surface area contributed by atoms with Gasteiger partial charge in [-0.3, -0.25) is 15.6 Å². The van der Waals surface area contributed by atoms with Crippen LogP contribution in [0.15, 0.2) is 59.3 Å². The molecule has 0 aliphatic rings. The molecule has 196 valence electrons. The normalized spacial score (nSPS) is 13.3. The fourth-order valence-corrected chi connectivity index (χ4v) is 3.97. The average Bonchev–Trinajstić information content (AvgIpc) is 2.83. The molecule has 0 radical (unpaired) electrons. The van der Waals surface area contributed by atoms with Gasteiger partial charge in [-0.05, 0) is 57.9 Å². The van der Waals surface area contributed by atoms with Crippen LogP contribution < -0.4 is 10.9 Å². The van der Waals surface area contributed by atoms with E-state index in [4.69, 9.17) is 23.2 Å². The molecule has 0 spiro atoms. The van der Waals surface area contributed by atoms with E-state index in [2.05, 4.69) is 31.3 Å². The van der Waals surface area contributed by atoms with Gasteiger partial charge < -0.3 is 0 Å². The quantitative estimate of drug-likeness (QED) is 0.164. The minimum absolute atomic E-state index is 0.00367. The largest absolute Gasteiger partial charge is 0.417 e. The average molecular weight is 632 g/mol. The number of hydrazine groups is 1. The van der Waals surface area contributed by atoms with Crippen molar-refractivity contribution in [3.63, 3.8) is 0 Å². The van der Waals surface area contributed by atoms with Crippen molar-refractivity contribution in [2.45, 2.75) is 18.3 Å². The van der Waals surface area contributed by atoms with Crippen LogP contribution in [0.25, 0.3) is 5.83 Å². The van der Waals surface area contributed by atoms with Crippen molar-refractivity contribution < 1.29 is 35.5 Å². The summed E-state index contributed by atoms with van der Waals surface area (Å²) in [5, 5.41) is -0.328. The van der Waals surface area contributed by atoms with Gasteiger partial charge in [0, 0.05) is 22.4 Å². The van der Waals surface area contributed by atoms with Gasteiger partial charge in [0.15, 0.2) is 0 Å². The third-order valence-electron chi connectivity index (χ3n) is 4.73. The Kier molecular flexibility index (Phi) is 8.70. The minimum Gasteiger partial charge on any atom is -0.267 e. The predicted octanol–water partition coefficient (Wildman–Crippen LogP) is 7.98. The van der Waals surface area contributed by atoms with Gasteiger partial charge in [-0.25, -0.2) is 14.4 Å². The van der Waals surface area contributed by atoms with Crippen LogP contribution in [0.5, 0.6) is 0 Å². The third kappa shape index (κ3) is 7.11. The fraction of sp³-hybridized carbons (Fsp3) is 0.136. The molecular formula is C22H12BrCl2F7N4O. The van der Waals surface area contributed by atoms with Crippen molar-refractivity contribution in [2.24, 2.45) is 0 Å². The molecule has 15 heteroatoms. The summed E-state index contributed by atoms with van der Waals surface area (Å²) in [6.07, 6.45) is -7.47. The molecule has 3 aromatic rings. The number of nitrogens with one attached hydrogen (secondary N) is 2. The molecule has 1 heterocycles. The van der Waals surface area contributed by atoms with Crippen LogP contribution >= 0.6 is 39.1 Å². The zero-order chi connectivity index (χ0) is 27.5. The Morgan fingerprint density at radius 1 is 1.03 bits per heavy atom. The number of rotatable bonds is 6. The molecule has 5 nitrogen and oxygen atoms in total. The summed E-state index contributed by atoms with van der Waals surface area (Å²) in [6.45, 7) is 0. The van der Waals surface area contributed by atoms with Gasteiger partial charge in [0.1, 0.15) is 11.7 Å². The summed E-state index contributed by atoms with van der Waals surface area (Å²) in [5.74, 6) is -5.59. The first-order valence-electron chi connectivity index (χ1n) is 9.82. The highest BCUT2D eigenvalue weighted by molar-refractivity contribution is 9.10. The minimum atomic E-state index is -5.15. The van der Waals surface area contributed by atoms with Crippen molar-refractivity contribution in [1.82, 2.24) is 15.4 Å². The highest BCUT2D eigenvalue weighted by atomic mass is 79.9. The highest BCUT2D eigenvalue weighted by Crippen LogP contribution is 2.42. The van der Waals surface area contributed by atoms with Gasteiger partial charge in [-0.15, -0.1) is 0 Å². The lowest BCUT2D eigenvalue weighted by Gasteiger charge is -2.19. The van der Waals surface area contributed by atoms with E-state index in [-0.39, 0.29) is 32.6 Å². The molecule has 37 heavy (non-hydrogen) atoms. The monoisotopic (exact) mass is 630 g/mol. The van der Waals surface area contributed by atoms with E-state index in [0.29, 0.717) is 6.07 Å². The second-order valence-corrected chi connectivity index (χ2v) is 8.88. The smallest absolute Gasteiger partial charge is 0.267 e. The lowest BCUT2D eigenvalue weighted by atomic mass is 9.95. The molecular weight excluding hydrogens is 620 g/mol. The first-order chi connectivity index (χ1) is 17.2. The molecule has 3 rings (SSSR count). The number of anilines is 1. The van der Waals surface area contributed by atoms with E-state index >= 15 is 0 Å². The molecule has 1 aromatic heterocycles. The van der Waals surface area contributed by atoms with E-state index < -0.39 is 52.3 Å². The number of benzene rings is 2. The van der Waals surface area contributed by atoms with Crippen LogP contribution in [0.3, 0.4) is 0 Å². The van der Waals surface area contributed by atoms with E-state index in [1.807, 2.05) is 5.43 Å².